The molecule has 0 saturated carbocycles. The van der Waals surface area contributed by atoms with Crippen LogP contribution in [-0.4, -0.2) is 21.5 Å². The molecule has 20 heavy (non-hydrogen) atoms. The van der Waals surface area contributed by atoms with Gasteiger partial charge in [-0.15, -0.1) is 5.10 Å². The van der Waals surface area contributed by atoms with E-state index >= 15 is 0 Å². The SMILES string of the molecule is CC(C)CNCc1cnnn1-c1ccccc1C(C)C. The Morgan fingerprint density at radius 2 is 1.90 bits per heavy atom. The second-order valence-corrected chi connectivity index (χ2v) is 5.88. The lowest BCUT2D eigenvalue weighted by Crippen LogP contribution is -2.21. The van der Waals surface area contributed by atoms with Crippen LogP contribution in [0.5, 0.6) is 0 Å². The van der Waals surface area contributed by atoms with Crippen LogP contribution in [0.2, 0.25) is 0 Å². The van der Waals surface area contributed by atoms with Crippen molar-refractivity contribution in [1.82, 2.24) is 20.3 Å². The van der Waals surface area contributed by atoms with Crippen LogP contribution in [0.3, 0.4) is 0 Å². The molecular formula is C16H24N4. The van der Waals surface area contributed by atoms with E-state index in [2.05, 4.69) is 61.5 Å². The first-order valence-corrected chi connectivity index (χ1v) is 7.29. The molecule has 0 aliphatic heterocycles. The van der Waals surface area contributed by atoms with E-state index in [4.69, 9.17) is 0 Å². The van der Waals surface area contributed by atoms with Gasteiger partial charge in [0.25, 0.3) is 0 Å². The van der Waals surface area contributed by atoms with Crippen LogP contribution >= 0.6 is 0 Å². The smallest absolute Gasteiger partial charge is 0.0783 e. The highest BCUT2D eigenvalue weighted by Crippen LogP contribution is 2.22. The zero-order valence-electron chi connectivity index (χ0n) is 12.8. The lowest BCUT2D eigenvalue weighted by molar-refractivity contribution is 0.542. The quantitative estimate of drug-likeness (QED) is 0.878. The van der Waals surface area contributed by atoms with Gasteiger partial charge in [-0.1, -0.05) is 51.1 Å². The molecule has 1 N–H and O–H groups in total. The monoisotopic (exact) mass is 272 g/mol. The van der Waals surface area contributed by atoms with Gasteiger partial charge in [-0.3, -0.25) is 0 Å². The van der Waals surface area contributed by atoms with Crippen LogP contribution in [0.15, 0.2) is 30.5 Å². The normalized spacial score (nSPS) is 11.5. The highest BCUT2D eigenvalue weighted by atomic mass is 15.4. The molecule has 108 valence electrons. The highest BCUT2D eigenvalue weighted by Gasteiger charge is 2.12. The van der Waals surface area contributed by atoms with Crippen molar-refractivity contribution in [3.8, 4) is 5.69 Å². The molecule has 0 radical (unpaired) electrons. The fourth-order valence-corrected chi connectivity index (χ4v) is 2.24. The molecule has 0 amide bonds. The number of nitrogens with one attached hydrogen (secondary N) is 1. The van der Waals surface area contributed by atoms with E-state index in [0.717, 1.165) is 24.5 Å². The number of nitrogens with zero attached hydrogens (tertiary/aromatic N) is 3. The summed E-state index contributed by atoms with van der Waals surface area (Å²) in [7, 11) is 0. The number of aromatic nitrogens is 3. The van der Waals surface area contributed by atoms with Gasteiger partial charge in [0.2, 0.25) is 0 Å². The van der Waals surface area contributed by atoms with Crippen molar-refractivity contribution in [2.24, 2.45) is 5.92 Å². The zero-order chi connectivity index (χ0) is 14.5. The van der Waals surface area contributed by atoms with Crippen LogP contribution in [-0.2, 0) is 6.54 Å². The van der Waals surface area contributed by atoms with Gasteiger partial charge in [0.05, 0.1) is 17.6 Å². The predicted octanol–water partition coefficient (Wildman–Crippen LogP) is 3.14. The van der Waals surface area contributed by atoms with Crippen molar-refractivity contribution in [3.05, 3.63) is 41.7 Å². The molecular weight excluding hydrogens is 248 g/mol. The molecule has 0 unspecified atom stereocenters. The molecule has 1 aromatic heterocycles. The van der Waals surface area contributed by atoms with Crippen molar-refractivity contribution in [1.29, 1.82) is 0 Å². The van der Waals surface area contributed by atoms with Crippen molar-refractivity contribution >= 4 is 0 Å². The van der Waals surface area contributed by atoms with Gasteiger partial charge in [0.15, 0.2) is 0 Å². The molecule has 0 saturated heterocycles. The molecule has 2 rings (SSSR count). The van der Waals surface area contributed by atoms with Gasteiger partial charge in [-0.05, 0) is 30.0 Å². The summed E-state index contributed by atoms with van der Waals surface area (Å²) in [6, 6.07) is 8.39. The van der Waals surface area contributed by atoms with Gasteiger partial charge in [0.1, 0.15) is 0 Å². The Hall–Kier alpha value is -1.68. The molecule has 0 bridgehead atoms. The van der Waals surface area contributed by atoms with Crippen LogP contribution in [0.4, 0.5) is 0 Å². The van der Waals surface area contributed by atoms with E-state index in [1.54, 1.807) is 0 Å². The Morgan fingerprint density at radius 3 is 2.60 bits per heavy atom. The summed E-state index contributed by atoms with van der Waals surface area (Å²) in [6.45, 7) is 10.6. The third-order valence-corrected chi connectivity index (χ3v) is 3.27. The van der Waals surface area contributed by atoms with Gasteiger partial charge in [-0.25, -0.2) is 4.68 Å². The van der Waals surface area contributed by atoms with Crippen molar-refractivity contribution in [3.63, 3.8) is 0 Å². The summed E-state index contributed by atoms with van der Waals surface area (Å²) < 4.78 is 1.95. The van der Waals surface area contributed by atoms with Crippen molar-refractivity contribution in [2.45, 2.75) is 40.2 Å². The van der Waals surface area contributed by atoms with E-state index in [0.29, 0.717) is 11.8 Å². The second kappa shape index (κ2) is 6.66. The summed E-state index contributed by atoms with van der Waals surface area (Å²) in [5.41, 5.74) is 3.52. The zero-order valence-corrected chi connectivity index (χ0v) is 12.8. The minimum absolute atomic E-state index is 0.465. The van der Waals surface area contributed by atoms with Crippen LogP contribution in [0, 0.1) is 5.92 Å². The Morgan fingerprint density at radius 1 is 1.15 bits per heavy atom. The number of para-hydroxylation sites is 1. The first-order valence-electron chi connectivity index (χ1n) is 7.29. The van der Waals surface area contributed by atoms with E-state index in [1.165, 1.54) is 5.56 Å². The van der Waals surface area contributed by atoms with Crippen molar-refractivity contribution in [2.75, 3.05) is 6.54 Å². The van der Waals surface area contributed by atoms with E-state index in [1.807, 2.05) is 16.9 Å². The topological polar surface area (TPSA) is 42.7 Å². The number of benzene rings is 1. The number of hydrogen-bond donors (Lipinski definition) is 1. The van der Waals surface area contributed by atoms with Gasteiger partial charge >= 0.3 is 0 Å². The fraction of sp³-hybridized carbons (Fsp3) is 0.500. The summed E-state index contributed by atoms with van der Waals surface area (Å²) in [5.74, 6) is 1.11. The van der Waals surface area contributed by atoms with Crippen LogP contribution < -0.4 is 5.32 Å². The average Bonchev–Trinajstić information content (AvgIpc) is 2.86. The summed E-state index contributed by atoms with van der Waals surface area (Å²) in [6.07, 6.45) is 1.84. The Bertz CT molecular complexity index is 543. The third-order valence-electron chi connectivity index (χ3n) is 3.27. The van der Waals surface area contributed by atoms with Gasteiger partial charge < -0.3 is 5.32 Å². The molecule has 1 heterocycles. The minimum atomic E-state index is 0.465. The number of rotatable bonds is 6. The maximum atomic E-state index is 4.25. The summed E-state index contributed by atoms with van der Waals surface area (Å²) in [5, 5.41) is 11.8. The molecule has 0 fully saturated rings. The second-order valence-electron chi connectivity index (χ2n) is 5.88. The van der Waals surface area contributed by atoms with Crippen LogP contribution in [0.1, 0.15) is 44.9 Å². The average molecular weight is 272 g/mol. The Balaban J connectivity index is 2.24. The van der Waals surface area contributed by atoms with Gasteiger partial charge in [-0.2, -0.15) is 0 Å². The number of hydrogen-bond acceptors (Lipinski definition) is 3. The molecule has 4 nitrogen and oxygen atoms in total. The molecule has 0 spiro atoms. The molecule has 0 aliphatic carbocycles. The summed E-state index contributed by atoms with van der Waals surface area (Å²) >= 11 is 0. The summed E-state index contributed by atoms with van der Waals surface area (Å²) in [4.78, 5) is 0. The molecule has 4 heteroatoms. The van der Waals surface area contributed by atoms with Crippen LogP contribution in [0.25, 0.3) is 5.69 Å². The first-order chi connectivity index (χ1) is 9.59. The highest BCUT2D eigenvalue weighted by molar-refractivity contribution is 5.42. The largest absolute Gasteiger partial charge is 0.311 e. The third kappa shape index (κ3) is 3.45. The standard InChI is InChI=1S/C16H24N4/c1-12(2)9-17-10-14-11-18-19-20(14)16-8-6-5-7-15(16)13(3)4/h5-8,11-13,17H,9-10H2,1-4H3. The minimum Gasteiger partial charge on any atom is -0.311 e. The van der Waals surface area contributed by atoms with E-state index in [9.17, 15) is 0 Å². The van der Waals surface area contributed by atoms with Crippen molar-refractivity contribution < 1.29 is 0 Å². The van der Waals surface area contributed by atoms with E-state index < -0.39 is 0 Å². The lowest BCUT2D eigenvalue weighted by atomic mass is 10.0. The predicted molar refractivity (Wildman–Crippen MR) is 82.0 cm³/mol. The Labute approximate surface area is 121 Å². The molecule has 1 aromatic carbocycles. The van der Waals surface area contributed by atoms with E-state index in [-0.39, 0.29) is 0 Å². The van der Waals surface area contributed by atoms with Gasteiger partial charge in [0, 0.05) is 6.54 Å². The maximum Gasteiger partial charge on any atom is 0.0783 e. The molecule has 2 aromatic rings. The fourth-order valence-electron chi connectivity index (χ4n) is 2.24. The lowest BCUT2D eigenvalue weighted by Gasteiger charge is -2.14. The molecule has 0 aliphatic rings. The first kappa shape index (κ1) is 14.7. The maximum absolute atomic E-state index is 4.25. The molecule has 0 atom stereocenters. The Kier molecular flexibility index (Phi) is 4.90.